The quantitative estimate of drug-likeness (QED) is 0.435. The first-order valence-electron chi connectivity index (χ1n) is 6.19. The van der Waals surface area contributed by atoms with Crippen LogP contribution >= 0.6 is 11.6 Å². The minimum Gasteiger partial charge on any atom is -0.466 e. The number of hydrogen-bond donors (Lipinski definition) is 0. The van der Waals surface area contributed by atoms with Crippen LogP contribution in [0.4, 0.5) is 4.39 Å². The highest BCUT2D eigenvalue weighted by Gasteiger charge is 2.15. The molecule has 0 N–H and O–H groups in total. The molecule has 0 radical (unpaired) electrons. The summed E-state index contributed by atoms with van der Waals surface area (Å²) >= 11 is 5.79. The first kappa shape index (κ1) is 15.6. The number of halogens is 2. The van der Waals surface area contributed by atoms with E-state index in [4.69, 9.17) is 16.3 Å². The Morgan fingerprint density at radius 2 is 1.95 bits per heavy atom. The maximum Gasteiger partial charge on any atom is 0.305 e. The topological polar surface area (TPSA) is 43.4 Å². The van der Waals surface area contributed by atoms with Crippen LogP contribution in [-0.4, -0.2) is 18.4 Å². The monoisotopic (exact) mass is 286 g/mol. The van der Waals surface area contributed by atoms with Crippen molar-refractivity contribution in [3.8, 4) is 0 Å². The number of Topliss-reactive ketones (excluding diaryl/α,β-unsaturated/α-hetero) is 1. The number of ketones is 1. The second kappa shape index (κ2) is 7.89. The largest absolute Gasteiger partial charge is 0.466 e. The van der Waals surface area contributed by atoms with Crippen LogP contribution in [0.2, 0.25) is 5.02 Å². The lowest BCUT2D eigenvalue weighted by Gasteiger charge is -2.05. The van der Waals surface area contributed by atoms with Gasteiger partial charge in [-0.05, 0) is 31.9 Å². The van der Waals surface area contributed by atoms with E-state index in [0.29, 0.717) is 19.4 Å². The summed E-state index contributed by atoms with van der Waals surface area (Å²) in [5.41, 5.74) is -0.0692. The number of unbranched alkanes of at least 4 members (excludes halogenated alkanes) is 1. The molecule has 0 saturated carbocycles. The van der Waals surface area contributed by atoms with E-state index in [0.717, 1.165) is 0 Å². The molecule has 0 aliphatic heterocycles. The first-order chi connectivity index (χ1) is 9.06. The highest BCUT2D eigenvalue weighted by Crippen LogP contribution is 2.21. The number of benzene rings is 1. The van der Waals surface area contributed by atoms with Crippen LogP contribution in [0.15, 0.2) is 18.2 Å². The Labute approximate surface area is 116 Å². The summed E-state index contributed by atoms with van der Waals surface area (Å²) in [4.78, 5) is 22.9. The van der Waals surface area contributed by atoms with Crippen molar-refractivity contribution in [1.29, 1.82) is 0 Å². The zero-order chi connectivity index (χ0) is 14.3. The lowest BCUT2D eigenvalue weighted by atomic mass is 10.0. The number of ether oxygens (including phenoxy) is 1. The average Bonchev–Trinajstić information content (AvgIpc) is 2.35. The van der Waals surface area contributed by atoms with Crippen LogP contribution in [0.25, 0.3) is 0 Å². The predicted octanol–water partition coefficient (Wildman–Crippen LogP) is 3.79. The molecule has 19 heavy (non-hydrogen) atoms. The molecule has 0 heterocycles. The Kier molecular flexibility index (Phi) is 6.50. The van der Waals surface area contributed by atoms with E-state index < -0.39 is 5.82 Å². The van der Waals surface area contributed by atoms with Gasteiger partial charge in [0.1, 0.15) is 5.82 Å². The first-order valence-corrected chi connectivity index (χ1v) is 6.57. The van der Waals surface area contributed by atoms with Crippen molar-refractivity contribution in [3.05, 3.63) is 34.6 Å². The third-order valence-corrected chi connectivity index (χ3v) is 2.90. The van der Waals surface area contributed by atoms with Crippen molar-refractivity contribution in [2.45, 2.75) is 32.6 Å². The molecule has 0 atom stereocenters. The number of carbonyl (C=O) groups is 2. The van der Waals surface area contributed by atoms with Gasteiger partial charge in [0.15, 0.2) is 5.78 Å². The van der Waals surface area contributed by atoms with Gasteiger partial charge in [0.25, 0.3) is 0 Å². The second-order valence-corrected chi connectivity index (χ2v) is 4.44. The Morgan fingerprint density at radius 3 is 2.58 bits per heavy atom. The molecule has 3 nitrogen and oxygen atoms in total. The van der Waals surface area contributed by atoms with E-state index in [1.54, 1.807) is 6.92 Å². The molecule has 1 aromatic carbocycles. The summed E-state index contributed by atoms with van der Waals surface area (Å²) in [5, 5.41) is 0.121. The molecule has 0 aromatic heterocycles. The highest BCUT2D eigenvalue weighted by molar-refractivity contribution is 6.34. The van der Waals surface area contributed by atoms with Gasteiger partial charge in [-0.2, -0.15) is 0 Å². The van der Waals surface area contributed by atoms with Crippen molar-refractivity contribution in [3.63, 3.8) is 0 Å². The van der Waals surface area contributed by atoms with E-state index in [9.17, 15) is 14.0 Å². The molecule has 0 aliphatic rings. The standard InChI is InChI=1S/C14H16ClFO3/c1-2-19-13(18)9-4-3-8-12(17)14-10(15)6-5-7-11(14)16/h5-7H,2-4,8-9H2,1H3. The van der Waals surface area contributed by atoms with Crippen LogP contribution in [0.3, 0.4) is 0 Å². The highest BCUT2D eigenvalue weighted by atomic mass is 35.5. The van der Waals surface area contributed by atoms with Crippen molar-refractivity contribution >= 4 is 23.4 Å². The molecule has 5 heteroatoms. The third kappa shape index (κ3) is 4.99. The predicted molar refractivity (Wildman–Crippen MR) is 70.8 cm³/mol. The number of esters is 1. The van der Waals surface area contributed by atoms with Gasteiger partial charge in [-0.1, -0.05) is 17.7 Å². The molecule has 0 bridgehead atoms. The zero-order valence-corrected chi connectivity index (χ0v) is 11.5. The maximum absolute atomic E-state index is 13.5. The Morgan fingerprint density at radius 1 is 1.26 bits per heavy atom. The van der Waals surface area contributed by atoms with Crippen LogP contribution < -0.4 is 0 Å². The molecule has 0 saturated heterocycles. The number of carbonyl (C=O) groups excluding carboxylic acids is 2. The van der Waals surface area contributed by atoms with Crippen molar-refractivity contribution in [2.24, 2.45) is 0 Å². The fraction of sp³-hybridized carbons (Fsp3) is 0.429. The summed E-state index contributed by atoms with van der Waals surface area (Å²) < 4.78 is 18.2. The van der Waals surface area contributed by atoms with E-state index in [1.807, 2.05) is 0 Å². The Hall–Kier alpha value is -1.42. The normalized spacial score (nSPS) is 10.3. The molecule has 0 amide bonds. The lowest BCUT2D eigenvalue weighted by molar-refractivity contribution is -0.143. The van der Waals surface area contributed by atoms with Crippen molar-refractivity contribution in [2.75, 3.05) is 6.61 Å². The van der Waals surface area contributed by atoms with Gasteiger partial charge in [0.05, 0.1) is 17.2 Å². The second-order valence-electron chi connectivity index (χ2n) is 4.03. The molecule has 1 aromatic rings. The summed E-state index contributed by atoms with van der Waals surface area (Å²) in [5.74, 6) is -1.23. The fourth-order valence-electron chi connectivity index (χ4n) is 1.68. The fourth-order valence-corrected chi connectivity index (χ4v) is 1.95. The smallest absolute Gasteiger partial charge is 0.305 e. The molecular weight excluding hydrogens is 271 g/mol. The molecule has 0 fully saturated rings. The molecule has 0 spiro atoms. The Balaban J connectivity index is 2.42. The van der Waals surface area contributed by atoms with E-state index in [-0.39, 0.29) is 35.2 Å². The van der Waals surface area contributed by atoms with Crippen LogP contribution in [0, 0.1) is 5.82 Å². The maximum atomic E-state index is 13.5. The van der Waals surface area contributed by atoms with Gasteiger partial charge in [0.2, 0.25) is 0 Å². The van der Waals surface area contributed by atoms with Crippen molar-refractivity contribution < 1.29 is 18.7 Å². The van der Waals surface area contributed by atoms with Gasteiger partial charge in [0, 0.05) is 12.8 Å². The van der Waals surface area contributed by atoms with E-state index >= 15 is 0 Å². The molecule has 0 unspecified atom stereocenters. The van der Waals surface area contributed by atoms with Crippen molar-refractivity contribution in [1.82, 2.24) is 0 Å². The van der Waals surface area contributed by atoms with Gasteiger partial charge < -0.3 is 4.74 Å². The number of hydrogen-bond acceptors (Lipinski definition) is 3. The minimum absolute atomic E-state index is 0.0692. The molecule has 104 valence electrons. The SMILES string of the molecule is CCOC(=O)CCCCC(=O)c1c(F)cccc1Cl. The van der Waals surface area contributed by atoms with E-state index in [1.165, 1.54) is 18.2 Å². The number of rotatable bonds is 7. The third-order valence-electron chi connectivity index (χ3n) is 2.58. The summed E-state index contributed by atoms with van der Waals surface area (Å²) in [6.45, 7) is 2.09. The van der Waals surface area contributed by atoms with Gasteiger partial charge in [-0.3, -0.25) is 9.59 Å². The summed E-state index contributed by atoms with van der Waals surface area (Å²) in [6.07, 6.45) is 1.48. The van der Waals surface area contributed by atoms with E-state index in [2.05, 4.69) is 0 Å². The molecule has 1 rings (SSSR count). The summed E-state index contributed by atoms with van der Waals surface area (Å²) in [6, 6.07) is 4.14. The van der Waals surface area contributed by atoms with Crippen LogP contribution in [0.1, 0.15) is 43.0 Å². The van der Waals surface area contributed by atoms with Gasteiger partial charge in [-0.25, -0.2) is 4.39 Å². The van der Waals surface area contributed by atoms with Crippen LogP contribution in [-0.2, 0) is 9.53 Å². The Bertz CT molecular complexity index is 440. The molecule has 0 aliphatic carbocycles. The average molecular weight is 287 g/mol. The minimum atomic E-state index is -0.608. The van der Waals surface area contributed by atoms with Gasteiger partial charge >= 0.3 is 5.97 Å². The van der Waals surface area contributed by atoms with Gasteiger partial charge in [-0.15, -0.1) is 0 Å². The lowest BCUT2D eigenvalue weighted by Crippen LogP contribution is -2.06. The molecular formula is C14H16ClFO3. The van der Waals surface area contributed by atoms with Crippen LogP contribution in [0.5, 0.6) is 0 Å². The summed E-state index contributed by atoms with van der Waals surface area (Å²) in [7, 11) is 0. The zero-order valence-electron chi connectivity index (χ0n) is 10.7.